The van der Waals surface area contributed by atoms with E-state index in [4.69, 9.17) is 0 Å². The summed E-state index contributed by atoms with van der Waals surface area (Å²) in [5, 5.41) is 22.3. The van der Waals surface area contributed by atoms with Crippen molar-refractivity contribution in [1.82, 2.24) is 9.97 Å². The summed E-state index contributed by atoms with van der Waals surface area (Å²) in [7, 11) is 0. The molecule has 0 radical (unpaired) electrons. The molecule has 0 atom stereocenters. The molecule has 0 bridgehead atoms. The van der Waals surface area contributed by atoms with E-state index in [1.165, 1.54) is 0 Å². The molecule has 5 rings (SSSR count). The lowest BCUT2D eigenvalue weighted by Gasteiger charge is -2.13. The molecule has 0 saturated carbocycles. The normalized spacial score (nSPS) is 10.9. The molecule has 0 aliphatic heterocycles. The minimum atomic E-state index is -0.454. The summed E-state index contributed by atoms with van der Waals surface area (Å²) in [5.41, 5.74) is 1.68. The van der Waals surface area contributed by atoms with Crippen molar-refractivity contribution in [3.63, 3.8) is 0 Å². The molecule has 2 N–H and O–H groups in total. The third-order valence-electron chi connectivity index (χ3n) is 5.32. The molecule has 0 amide bonds. The average Bonchev–Trinajstić information content (AvgIpc) is 2.79. The molecule has 0 fully saturated rings. The Morgan fingerprint density at radius 3 is 1.84 bits per heavy atom. The molecule has 0 unspecified atom stereocenters. The van der Waals surface area contributed by atoms with Gasteiger partial charge in [0.2, 0.25) is 11.8 Å². The van der Waals surface area contributed by atoms with Crippen molar-refractivity contribution in [3.05, 3.63) is 101 Å². The van der Waals surface area contributed by atoms with E-state index in [1.807, 2.05) is 84.9 Å². The van der Waals surface area contributed by atoms with Crippen molar-refractivity contribution in [3.8, 4) is 0 Å². The van der Waals surface area contributed by atoms with Crippen LogP contribution < -0.4 is 10.6 Å². The molecule has 7 heteroatoms. The van der Waals surface area contributed by atoms with Gasteiger partial charge in [0.15, 0.2) is 0 Å². The Balaban J connectivity index is 1.60. The highest BCUT2D eigenvalue weighted by Gasteiger charge is 2.23. The number of rotatable bonds is 5. The van der Waals surface area contributed by atoms with Crippen LogP contribution in [0, 0.1) is 17.0 Å². The highest BCUT2D eigenvalue weighted by molar-refractivity contribution is 5.96. The quantitative estimate of drug-likeness (QED) is 0.249. The SMILES string of the molecule is Cc1nc(Nc2cccc3ccccc23)nc(Nc2cccc3ccccc23)c1[N+](=O)[O-]. The Morgan fingerprint density at radius 1 is 0.719 bits per heavy atom. The molecule has 4 aromatic carbocycles. The molecule has 156 valence electrons. The van der Waals surface area contributed by atoms with Gasteiger partial charge in [-0.05, 0) is 29.8 Å². The maximum absolute atomic E-state index is 11.8. The van der Waals surface area contributed by atoms with Crippen LogP contribution in [0.3, 0.4) is 0 Å². The second-order valence-corrected chi connectivity index (χ2v) is 7.39. The lowest BCUT2D eigenvalue weighted by atomic mass is 10.1. The number of hydrogen-bond acceptors (Lipinski definition) is 6. The molecular weight excluding hydrogens is 402 g/mol. The summed E-state index contributed by atoms with van der Waals surface area (Å²) in [6.45, 7) is 1.61. The summed E-state index contributed by atoms with van der Waals surface area (Å²) >= 11 is 0. The van der Waals surface area contributed by atoms with Gasteiger partial charge in [-0.15, -0.1) is 0 Å². The molecule has 7 nitrogen and oxygen atoms in total. The zero-order valence-electron chi connectivity index (χ0n) is 17.2. The molecule has 1 heterocycles. The predicted octanol–water partition coefficient (Wildman–Crippen LogP) is 6.49. The summed E-state index contributed by atoms with van der Waals surface area (Å²) in [4.78, 5) is 20.2. The lowest BCUT2D eigenvalue weighted by Crippen LogP contribution is -2.07. The lowest BCUT2D eigenvalue weighted by molar-refractivity contribution is -0.385. The van der Waals surface area contributed by atoms with E-state index in [9.17, 15) is 10.1 Å². The van der Waals surface area contributed by atoms with Gasteiger partial charge in [-0.3, -0.25) is 10.1 Å². The van der Waals surface area contributed by atoms with Crippen molar-refractivity contribution >= 4 is 50.4 Å². The fourth-order valence-corrected chi connectivity index (χ4v) is 3.85. The number of fused-ring (bicyclic) bond motifs is 2. The van der Waals surface area contributed by atoms with Crippen molar-refractivity contribution in [2.75, 3.05) is 10.6 Å². The first kappa shape index (κ1) is 19.4. The minimum Gasteiger partial charge on any atom is -0.334 e. The summed E-state index contributed by atoms with van der Waals surface area (Å²) < 4.78 is 0. The number of aryl methyl sites for hydroxylation is 1. The monoisotopic (exact) mass is 421 g/mol. The largest absolute Gasteiger partial charge is 0.334 e. The van der Waals surface area contributed by atoms with E-state index in [-0.39, 0.29) is 23.1 Å². The van der Waals surface area contributed by atoms with Crippen LogP contribution in [0.15, 0.2) is 84.9 Å². The van der Waals surface area contributed by atoms with Crippen LogP contribution >= 0.6 is 0 Å². The topological polar surface area (TPSA) is 93.0 Å². The Hall–Kier alpha value is -4.52. The predicted molar refractivity (Wildman–Crippen MR) is 128 cm³/mol. The number of anilines is 4. The van der Waals surface area contributed by atoms with Crippen LogP contribution in [0.2, 0.25) is 0 Å². The zero-order valence-corrected chi connectivity index (χ0v) is 17.2. The van der Waals surface area contributed by atoms with Gasteiger partial charge in [0.05, 0.1) is 4.92 Å². The smallest absolute Gasteiger partial charge is 0.332 e. The maximum Gasteiger partial charge on any atom is 0.332 e. The summed E-state index contributed by atoms with van der Waals surface area (Å²) in [6.07, 6.45) is 0. The third kappa shape index (κ3) is 3.56. The number of nitrogens with one attached hydrogen (secondary N) is 2. The van der Waals surface area contributed by atoms with Crippen LogP contribution in [0.4, 0.5) is 28.8 Å². The molecule has 0 aliphatic carbocycles. The van der Waals surface area contributed by atoms with Gasteiger partial charge in [0.1, 0.15) is 5.69 Å². The van der Waals surface area contributed by atoms with E-state index in [2.05, 4.69) is 20.6 Å². The minimum absolute atomic E-state index is 0.140. The first-order valence-corrected chi connectivity index (χ1v) is 10.1. The molecule has 0 spiro atoms. The second kappa shape index (κ2) is 7.96. The number of nitrogens with zero attached hydrogens (tertiary/aromatic N) is 3. The van der Waals surface area contributed by atoms with Gasteiger partial charge in [0.25, 0.3) is 0 Å². The number of benzene rings is 4. The van der Waals surface area contributed by atoms with Crippen LogP contribution in [0.5, 0.6) is 0 Å². The molecular formula is C25H19N5O2. The van der Waals surface area contributed by atoms with E-state index in [1.54, 1.807) is 6.92 Å². The van der Waals surface area contributed by atoms with Crippen molar-refractivity contribution in [2.24, 2.45) is 0 Å². The molecule has 1 aromatic heterocycles. The summed E-state index contributed by atoms with van der Waals surface area (Å²) in [6, 6.07) is 27.5. The van der Waals surface area contributed by atoms with E-state index in [0.717, 1.165) is 32.9 Å². The van der Waals surface area contributed by atoms with Gasteiger partial charge in [-0.2, -0.15) is 4.98 Å². The van der Waals surface area contributed by atoms with Gasteiger partial charge < -0.3 is 10.6 Å². The van der Waals surface area contributed by atoms with Crippen molar-refractivity contribution in [1.29, 1.82) is 0 Å². The maximum atomic E-state index is 11.8. The fraction of sp³-hybridized carbons (Fsp3) is 0.0400. The summed E-state index contributed by atoms with van der Waals surface area (Å²) in [5.74, 6) is 0.425. The van der Waals surface area contributed by atoms with Crippen LogP contribution in [0.1, 0.15) is 5.69 Å². The Labute approximate surface area is 183 Å². The number of nitro groups is 1. The van der Waals surface area contributed by atoms with E-state index < -0.39 is 4.92 Å². The van der Waals surface area contributed by atoms with Crippen LogP contribution in [-0.4, -0.2) is 14.9 Å². The second-order valence-electron chi connectivity index (χ2n) is 7.39. The molecule has 0 aliphatic rings. The Morgan fingerprint density at radius 2 is 1.25 bits per heavy atom. The van der Waals surface area contributed by atoms with Gasteiger partial charge >= 0.3 is 5.69 Å². The first-order valence-electron chi connectivity index (χ1n) is 10.1. The highest BCUT2D eigenvalue weighted by atomic mass is 16.6. The molecule has 0 saturated heterocycles. The van der Waals surface area contributed by atoms with Crippen LogP contribution in [-0.2, 0) is 0 Å². The zero-order chi connectivity index (χ0) is 22.1. The Kier molecular flexibility index (Phi) is 4.84. The van der Waals surface area contributed by atoms with Gasteiger partial charge in [-0.25, -0.2) is 4.98 Å². The van der Waals surface area contributed by atoms with Gasteiger partial charge in [-0.1, -0.05) is 72.8 Å². The van der Waals surface area contributed by atoms with Crippen molar-refractivity contribution in [2.45, 2.75) is 6.92 Å². The highest BCUT2D eigenvalue weighted by Crippen LogP contribution is 2.33. The first-order chi connectivity index (χ1) is 15.6. The fourth-order valence-electron chi connectivity index (χ4n) is 3.85. The number of hydrogen-bond donors (Lipinski definition) is 2. The van der Waals surface area contributed by atoms with E-state index >= 15 is 0 Å². The Bertz CT molecular complexity index is 1470. The van der Waals surface area contributed by atoms with Crippen LogP contribution in [0.25, 0.3) is 21.5 Å². The van der Waals surface area contributed by atoms with Crippen molar-refractivity contribution < 1.29 is 4.92 Å². The molecule has 5 aromatic rings. The molecule has 32 heavy (non-hydrogen) atoms. The van der Waals surface area contributed by atoms with Gasteiger partial charge in [0, 0.05) is 22.1 Å². The third-order valence-corrected chi connectivity index (χ3v) is 5.32. The van der Waals surface area contributed by atoms with E-state index in [0.29, 0.717) is 0 Å². The average molecular weight is 421 g/mol. The standard InChI is InChI=1S/C25H19N5O2/c1-16-23(30(31)32)24(27-21-14-6-10-17-8-2-4-12-19(17)21)29-25(26-16)28-22-15-7-11-18-9-3-5-13-20(18)22/h2-15H,1H3,(H2,26,27,28,29). The number of aromatic nitrogens is 2.